The zero-order chi connectivity index (χ0) is 24.2. The molecular formula is C26H26Cl2O4S. The van der Waals surface area contributed by atoms with Crippen LogP contribution >= 0.6 is 23.2 Å². The van der Waals surface area contributed by atoms with Crippen molar-refractivity contribution < 1.29 is 17.9 Å². The van der Waals surface area contributed by atoms with Gasteiger partial charge >= 0.3 is 0 Å². The number of ether oxygens (including phenoxy) is 1. The molecule has 33 heavy (non-hydrogen) atoms. The topological polar surface area (TPSA) is 60.4 Å². The number of rotatable bonds is 9. The number of hydrogen-bond acceptors (Lipinski definition) is 4. The van der Waals surface area contributed by atoms with Gasteiger partial charge in [-0.1, -0.05) is 54.4 Å². The highest BCUT2D eigenvalue weighted by Crippen LogP contribution is 2.31. The van der Waals surface area contributed by atoms with Crippen molar-refractivity contribution in [3.8, 4) is 5.75 Å². The maximum absolute atomic E-state index is 12.5. The van der Waals surface area contributed by atoms with Gasteiger partial charge < -0.3 is 4.74 Å². The van der Waals surface area contributed by atoms with E-state index in [9.17, 15) is 13.2 Å². The summed E-state index contributed by atoms with van der Waals surface area (Å²) in [7, 11) is -3.24. The summed E-state index contributed by atoms with van der Waals surface area (Å²) < 4.78 is 30.0. The minimum Gasteiger partial charge on any atom is -0.483 e. The Morgan fingerprint density at radius 2 is 1.33 bits per heavy atom. The molecule has 0 unspecified atom stereocenters. The number of sulfone groups is 1. The van der Waals surface area contributed by atoms with E-state index in [-0.39, 0.29) is 29.3 Å². The van der Waals surface area contributed by atoms with Crippen LogP contribution in [-0.2, 0) is 33.1 Å². The number of carbonyl (C=O) groups excluding carboxylic acids is 1. The van der Waals surface area contributed by atoms with Gasteiger partial charge in [-0.2, -0.15) is 0 Å². The Morgan fingerprint density at radius 3 is 1.82 bits per heavy atom. The fourth-order valence-corrected chi connectivity index (χ4v) is 4.84. The molecule has 0 spiro atoms. The highest BCUT2D eigenvalue weighted by atomic mass is 35.5. The lowest BCUT2D eigenvalue weighted by Crippen LogP contribution is -2.25. The number of hydrogen-bond donors (Lipinski definition) is 0. The second kappa shape index (κ2) is 10.3. The summed E-state index contributed by atoms with van der Waals surface area (Å²) in [4.78, 5) is 12.8. The predicted octanol–water partition coefficient (Wildman–Crippen LogP) is 6.46. The van der Waals surface area contributed by atoms with Crippen molar-refractivity contribution in [3.63, 3.8) is 0 Å². The highest BCUT2D eigenvalue weighted by Gasteiger charge is 2.24. The molecule has 0 aliphatic carbocycles. The highest BCUT2D eigenvalue weighted by molar-refractivity contribution is 7.91. The average molecular weight is 505 g/mol. The Kier molecular flexibility index (Phi) is 7.88. The van der Waals surface area contributed by atoms with Gasteiger partial charge in [0.2, 0.25) is 0 Å². The lowest BCUT2D eigenvalue weighted by Gasteiger charge is -2.27. The third-order valence-electron chi connectivity index (χ3n) is 5.32. The van der Waals surface area contributed by atoms with E-state index in [1.54, 1.807) is 37.3 Å². The van der Waals surface area contributed by atoms with Gasteiger partial charge in [0.1, 0.15) is 17.1 Å². The molecule has 3 aromatic rings. The SMILES string of the molecule is CCS(=O)(=O)c1ccc(CC(=O)Cc2ccc(OC(C)(C)c3cc(Cl)cc(Cl)c3)cc2)cc1. The molecule has 0 bridgehead atoms. The molecule has 4 nitrogen and oxygen atoms in total. The van der Waals surface area contributed by atoms with Crippen molar-refractivity contribution in [3.05, 3.63) is 93.5 Å². The monoisotopic (exact) mass is 504 g/mol. The molecule has 3 rings (SSSR count). The van der Waals surface area contributed by atoms with Crippen molar-refractivity contribution in [2.75, 3.05) is 5.75 Å². The van der Waals surface area contributed by atoms with Crippen LogP contribution in [0.15, 0.2) is 71.6 Å². The molecule has 0 saturated heterocycles. The van der Waals surface area contributed by atoms with Crippen LogP contribution in [0, 0.1) is 0 Å². The van der Waals surface area contributed by atoms with E-state index in [0.717, 1.165) is 16.7 Å². The van der Waals surface area contributed by atoms with Gasteiger partial charge in [-0.15, -0.1) is 0 Å². The van der Waals surface area contributed by atoms with E-state index in [1.807, 2.05) is 50.2 Å². The summed E-state index contributed by atoms with van der Waals surface area (Å²) >= 11 is 12.2. The quantitative estimate of drug-likeness (QED) is 0.335. The van der Waals surface area contributed by atoms with Gasteiger partial charge in [-0.05, 0) is 73.0 Å². The van der Waals surface area contributed by atoms with E-state index in [0.29, 0.717) is 15.8 Å². The Hall–Kier alpha value is -2.34. The first kappa shape index (κ1) is 25.3. The van der Waals surface area contributed by atoms with E-state index < -0.39 is 15.4 Å². The first-order valence-electron chi connectivity index (χ1n) is 10.6. The van der Waals surface area contributed by atoms with Crippen LogP contribution in [0.3, 0.4) is 0 Å². The van der Waals surface area contributed by atoms with Gasteiger partial charge in [0, 0.05) is 22.9 Å². The summed E-state index contributed by atoms with van der Waals surface area (Å²) in [6.45, 7) is 5.48. The number of Topliss-reactive ketones (excluding diaryl/α,β-unsaturated/α-hetero) is 1. The number of carbonyl (C=O) groups is 1. The van der Waals surface area contributed by atoms with Crippen molar-refractivity contribution in [1.29, 1.82) is 0 Å². The second-order valence-electron chi connectivity index (χ2n) is 8.35. The summed E-state index contributed by atoms with van der Waals surface area (Å²) in [5.41, 5.74) is 1.87. The summed E-state index contributed by atoms with van der Waals surface area (Å²) in [6.07, 6.45) is 0.524. The lowest BCUT2D eigenvalue weighted by atomic mass is 9.98. The van der Waals surface area contributed by atoms with Crippen LogP contribution in [0.2, 0.25) is 10.0 Å². The number of halogens is 2. The van der Waals surface area contributed by atoms with Crippen LogP contribution in [0.5, 0.6) is 5.75 Å². The molecule has 0 N–H and O–H groups in total. The third-order valence-corrected chi connectivity index (χ3v) is 7.51. The normalized spacial score (nSPS) is 11.9. The molecule has 3 aromatic carbocycles. The average Bonchev–Trinajstić information content (AvgIpc) is 2.74. The maximum Gasteiger partial charge on any atom is 0.178 e. The Bertz CT molecular complexity index is 1210. The summed E-state index contributed by atoms with van der Waals surface area (Å²) in [5, 5.41) is 1.09. The van der Waals surface area contributed by atoms with E-state index >= 15 is 0 Å². The largest absolute Gasteiger partial charge is 0.483 e. The molecule has 0 aliphatic rings. The first-order valence-corrected chi connectivity index (χ1v) is 13.0. The molecule has 0 heterocycles. The number of ketones is 1. The molecule has 0 aliphatic heterocycles. The molecule has 0 amide bonds. The van der Waals surface area contributed by atoms with Crippen LogP contribution in [-0.4, -0.2) is 20.0 Å². The van der Waals surface area contributed by atoms with Crippen molar-refractivity contribution in [1.82, 2.24) is 0 Å². The molecule has 0 fully saturated rings. The third kappa shape index (κ3) is 6.83. The lowest BCUT2D eigenvalue weighted by molar-refractivity contribution is -0.117. The fraction of sp³-hybridized carbons (Fsp3) is 0.269. The Labute approximate surface area is 205 Å². The van der Waals surface area contributed by atoms with Crippen LogP contribution in [0.4, 0.5) is 0 Å². The van der Waals surface area contributed by atoms with Crippen LogP contribution < -0.4 is 4.74 Å². The van der Waals surface area contributed by atoms with Gasteiger partial charge in [0.15, 0.2) is 9.84 Å². The standard InChI is InChI=1S/C26H26Cl2O4S/c1-4-33(30,31)25-11-7-19(8-12-25)14-23(29)13-18-5-9-24(10-6-18)32-26(2,3)20-15-21(27)17-22(28)16-20/h5-12,15-17H,4,13-14H2,1-3H3. The minimum atomic E-state index is -3.24. The predicted molar refractivity (Wildman–Crippen MR) is 133 cm³/mol. The molecule has 0 radical (unpaired) electrons. The molecule has 0 atom stereocenters. The van der Waals surface area contributed by atoms with Crippen LogP contribution in [0.25, 0.3) is 0 Å². The maximum atomic E-state index is 12.5. The molecule has 0 saturated carbocycles. The smallest absolute Gasteiger partial charge is 0.178 e. The fourth-order valence-electron chi connectivity index (χ4n) is 3.43. The second-order valence-corrected chi connectivity index (χ2v) is 11.5. The van der Waals surface area contributed by atoms with E-state index in [1.165, 1.54) is 0 Å². The van der Waals surface area contributed by atoms with Gasteiger partial charge in [0.05, 0.1) is 10.6 Å². The summed E-state index contributed by atoms with van der Waals surface area (Å²) in [5.74, 6) is 0.762. The zero-order valence-corrected chi connectivity index (χ0v) is 21.1. The summed E-state index contributed by atoms with van der Waals surface area (Å²) in [6, 6.07) is 19.2. The zero-order valence-electron chi connectivity index (χ0n) is 18.8. The van der Waals surface area contributed by atoms with E-state index in [2.05, 4.69) is 0 Å². The van der Waals surface area contributed by atoms with Crippen LogP contribution in [0.1, 0.15) is 37.5 Å². The van der Waals surface area contributed by atoms with Gasteiger partial charge in [0.25, 0.3) is 0 Å². The molecular weight excluding hydrogens is 479 g/mol. The Balaban J connectivity index is 1.61. The minimum absolute atomic E-state index is 0.0451. The van der Waals surface area contributed by atoms with Gasteiger partial charge in [-0.3, -0.25) is 4.79 Å². The first-order chi connectivity index (χ1) is 15.5. The van der Waals surface area contributed by atoms with Crippen molar-refractivity contribution >= 4 is 38.8 Å². The molecule has 174 valence electrons. The molecule has 0 aromatic heterocycles. The number of benzene rings is 3. The van der Waals surface area contributed by atoms with Crippen molar-refractivity contribution in [2.24, 2.45) is 0 Å². The van der Waals surface area contributed by atoms with E-state index in [4.69, 9.17) is 27.9 Å². The van der Waals surface area contributed by atoms with Crippen molar-refractivity contribution in [2.45, 2.75) is 44.1 Å². The van der Waals surface area contributed by atoms with Gasteiger partial charge in [-0.25, -0.2) is 8.42 Å². The molecule has 7 heteroatoms. The Morgan fingerprint density at radius 1 is 0.848 bits per heavy atom.